The van der Waals surface area contributed by atoms with E-state index in [2.05, 4.69) is 13.8 Å². The third-order valence-corrected chi connectivity index (χ3v) is 3.94. The average Bonchev–Trinajstić information content (AvgIpc) is 2.45. The van der Waals surface area contributed by atoms with Gasteiger partial charge in [0.1, 0.15) is 13.1 Å². The van der Waals surface area contributed by atoms with Gasteiger partial charge < -0.3 is 24.8 Å². The quantitative estimate of drug-likeness (QED) is 0.261. The van der Waals surface area contributed by atoms with Crippen LogP contribution < -0.4 is 0 Å². The van der Waals surface area contributed by atoms with Crippen LogP contribution >= 0.6 is 0 Å². The molecule has 0 saturated heterocycles. The highest BCUT2D eigenvalue weighted by Crippen LogP contribution is 2.10. The van der Waals surface area contributed by atoms with Crippen molar-refractivity contribution in [2.24, 2.45) is 5.92 Å². The summed E-state index contributed by atoms with van der Waals surface area (Å²) in [6.07, 6.45) is 8.24. The van der Waals surface area contributed by atoms with E-state index in [-0.39, 0.29) is 26.3 Å². The number of hydroxylamine groups is 3. The van der Waals surface area contributed by atoms with Gasteiger partial charge in [0, 0.05) is 13.0 Å². The highest BCUT2D eigenvalue weighted by atomic mass is 16.5. The Hall–Kier alpha value is -0.200. The smallest absolute Gasteiger partial charge is 0.102 e. The normalized spacial score (nSPS) is 12.3. The Morgan fingerprint density at radius 3 is 1.95 bits per heavy atom. The molecule has 0 bridgehead atoms. The molecule has 5 heteroatoms. The van der Waals surface area contributed by atoms with E-state index in [1.165, 1.54) is 32.1 Å². The van der Waals surface area contributed by atoms with Gasteiger partial charge in [-0.15, -0.1) is 0 Å². The molecule has 134 valence electrons. The molecule has 0 aliphatic carbocycles. The molecule has 0 amide bonds. The second-order valence-corrected chi connectivity index (χ2v) is 6.59. The minimum atomic E-state index is -0.522. The fourth-order valence-corrected chi connectivity index (χ4v) is 2.54. The molecule has 0 aliphatic heterocycles. The fraction of sp³-hybridized carbons (Fsp3) is 1.00. The van der Waals surface area contributed by atoms with Gasteiger partial charge in [0.05, 0.1) is 26.4 Å². The number of aliphatic hydroxyl groups excluding tert-OH is 2. The summed E-state index contributed by atoms with van der Waals surface area (Å²) in [6, 6.07) is 0. The predicted molar refractivity (Wildman–Crippen MR) is 90.4 cm³/mol. The van der Waals surface area contributed by atoms with Crippen LogP contribution in [0.2, 0.25) is 0 Å². The standard InChI is InChI=1S/C17H37NO4/c1-17(2)9-6-4-3-5-7-15-22-16-8-10-18(21,11-13-19)12-14-20/h17,19-20H,3-16H2,1-2H3. The average molecular weight is 319 g/mol. The second-order valence-electron chi connectivity index (χ2n) is 6.59. The molecule has 5 nitrogen and oxygen atoms in total. The molecule has 2 N–H and O–H groups in total. The van der Waals surface area contributed by atoms with Gasteiger partial charge in [0.2, 0.25) is 0 Å². The van der Waals surface area contributed by atoms with E-state index in [0.717, 1.165) is 18.9 Å². The van der Waals surface area contributed by atoms with Crippen LogP contribution in [0.4, 0.5) is 0 Å². The number of rotatable bonds is 16. The lowest BCUT2D eigenvalue weighted by molar-refractivity contribution is -0.881. The van der Waals surface area contributed by atoms with Crippen molar-refractivity contribution in [1.29, 1.82) is 0 Å². The lowest BCUT2D eigenvalue weighted by Gasteiger charge is -2.41. The lowest BCUT2D eigenvalue weighted by Crippen LogP contribution is -2.47. The first-order valence-corrected chi connectivity index (χ1v) is 8.90. The maximum atomic E-state index is 12.1. The van der Waals surface area contributed by atoms with Gasteiger partial charge in [-0.3, -0.25) is 0 Å². The minimum Gasteiger partial charge on any atom is -0.633 e. The van der Waals surface area contributed by atoms with E-state index in [9.17, 15) is 5.21 Å². The molecular formula is C17H37NO4. The molecule has 22 heavy (non-hydrogen) atoms. The highest BCUT2D eigenvalue weighted by Gasteiger charge is 2.14. The molecule has 0 aromatic carbocycles. The number of nitrogens with zero attached hydrogens (tertiary/aromatic N) is 1. The summed E-state index contributed by atoms with van der Waals surface area (Å²) in [7, 11) is 0. The molecule has 0 aliphatic rings. The Morgan fingerprint density at radius 2 is 1.36 bits per heavy atom. The van der Waals surface area contributed by atoms with Crippen LogP contribution in [0.25, 0.3) is 0 Å². The topological polar surface area (TPSA) is 72.8 Å². The van der Waals surface area contributed by atoms with Crippen molar-refractivity contribution in [3.63, 3.8) is 0 Å². The first kappa shape index (κ1) is 21.8. The van der Waals surface area contributed by atoms with Crippen molar-refractivity contribution in [2.45, 2.75) is 58.8 Å². The van der Waals surface area contributed by atoms with Crippen LogP contribution in [-0.4, -0.2) is 60.9 Å². The number of hydrogen-bond donors (Lipinski definition) is 2. The molecule has 0 unspecified atom stereocenters. The van der Waals surface area contributed by atoms with Gasteiger partial charge >= 0.3 is 0 Å². The zero-order valence-electron chi connectivity index (χ0n) is 14.6. The summed E-state index contributed by atoms with van der Waals surface area (Å²) < 4.78 is 5.03. The molecule has 0 fully saturated rings. The van der Waals surface area contributed by atoms with Gasteiger partial charge in [-0.2, -0.15) is 0 Å². The zero-order valence-corrected chi connectivity index (χ0v) is 14.6. The maximum absolute atomic E-state index is 12.1. The largest absolute Gasteiger partial charge is 0.633 e. The highest BCUT2D eigenvalue weighted by molar-refractivity contribution is 4.49. The Kier molecular flexibility index (Phi) is 14.3. The number of quaternary nitrogens is 1. The summed E-state index contributed by atoms with van der Waals surface area (Å²) in [6.45, 7) is 6.32. The monoisotopic (exact) mass is 319 g/mol. The number of hydrogen-bond acceptors (Lipinski definition) is 4. The van der Waals surface area contributed by atoms with E-state index in [1.807, 2.05) is 0 Å². The molecule has 0 heterocycles. The van der Waals surface area contributed by atoms with E-state index in [0.29, 0.717) is 19.6 Å². The molecule has 0 aromatic rings. The van der Waals surface area contributed by atoms with Gasteiger partial charge in [0.25, 0.3) is 0 Å². The van der Waals surface area contributed by atoms with Crippen LogP contribution in [0.5, 0.6) is 0 Å². The van der Waals surface area contributed by atoms with Crippen LogP contribution in [0.3, 0.4) is 0 Å². The van der Waals surface area contributed by atoms with Crippen LogP contribution in [-0.2, 0) is 4.74 Å². The molecule has 0 aromatic heterocycles. The molecular weight excluding hydrogens is 282 g/mol. The van der Waals surface area contributed by atoms with Gasteiger partial charge in [0.15, 0.2) is 0 Å². The van der Waals surface area contributed by atoms with Crippen LogP contribution in [0.15, 0.2) is 0 Å². The third-order valence-electron chi connectivity index (χ3n) is 3.94. The maximum Gasteiger partial charge on any atom is 0.102 e. The Morgan fingerprint density at radius 1 is 0.818 bits per heavy atom. The minimum absolute atomic E-state index is 0.138. The van der Waals surface area contributed by atoms with E-state index < -0.39 is 4.65 Å². The molecule has 0 atom stereocenters. The first-order valence-electron chi connectivity index (χ1n) is 8.90. The molecule has 0 radical (unpaired) electrons. The van der Waals surface area contributed by atoms with Crippen molar-refractivity contribution in [3.05, 3.63) is 5.21 Å². The van der Waals surface area contributed by atoms with Crippen molar-refractivity contribution < 1.29 is 19.6 Å². The van der Waals surface area contributed by atoms with Crippen molar-refractivity contribution >= 4 is 0 Å². The first-order chi connectivity index (χ1) is 10.5. The van der Waals surface area contributed by atoms with E-state index in [1.54, 1.807) is 0 Å². The summed E-state index contributed by atoms with van der Waals surface area (Å²) in [5, 5.41) is 29.9. The lowest BCUT2D eigenvalue weighted by atomic mass is 10.0. The van der Waals surface area contributed by atoms with E-state index in [4.69, 9.17) is 14.9 Å². The predicted octanol–water partition coefficient (Wildman–Crippen LogP) is 2.69. The summed E-state index contributed by atoms with van der Waals surface area (Å²) >= 11 is 0. The Labute approximate surface area is 136 Å². The van der Waals surface area contributed by atoms with Crippen LogP contribution in [0.1, 0.15) is 58.8 Å². The summed E-state index contributed by atoms with van der Waals surface area (Å²) in [5.74, 6) is 0.812. The Bertz CT molecular complexity index is 231. The number of unbranched alkanes of at least 4 members (excludes halogenated alkanes) is 4. The van der Waals surface area contributed by atoms with Crippen molar-refractivity contribution in [1.82, 2.24) is 0 Å². The third kappa shape index (κ3) is 13.5. The second kappa shape index (κ2) is 14.4. The molecule has 0 rings (SSSR count). The van der Waals surface area contributed by atoms with Crippen LogP contribution in [0, 0.1) is 11.1 Å². The van der Waals surface area contributed by atoms with E-state index >= 15 is 0 Å². The van der Waals surface area contributed by atoms with Gasteiger partial charge in [-0.1, -0.05) is 46.0 Å². The van der Waals surface area contributed by atoms with Gasteiger partial charge in [-0.25, -0.2) is 0 Å². The number of aliphatic hydroxyl groups is 2. The fourth-order valence-electron chi connectivity index (χ4n) is 2.54. The summed E-state index contributed by atoms with van der Waals surface area (Å²) in [5.41, 5.74) is 0. The molecule has 0 spiro atoms. The van der Waals surface area contributed by atoms with Crippen molar-refractivity contribution in [3.8, 4) is 0 Å². The Balaban J connectivity index is 3.38. The summed E-state index contributed by atoms with van der Waals surface area (Å²) in [4.78, 5) is 0. The van der Waals surface area contributed by atoms with Gasteiger partial charge in [-0.05, 0) is 12.3 Å². The zero-order chi connectivity index (χ0) is 16.7. The SMILES string of the molecule is CC(C)CCCCCCCOCCC[N+]([O-])(CCO)CCO. The molecule has 0 saturated carbocycles. The number of ether oxygens (including phenoxy) is 1. The van der Waals surface area contributed by atoms with Crippen molar-refractivity contribution in [2.75, 3.05) is 46.1 Å².